The lowest BCUT2D eigenvalue weighted by Gasteiger charge is -2.13. The zero-order chi connectivity index (χ0) is 12.4. The summed E-state index contributed by atoms with van der Waals surface area (Å²) in [5, 5.41) is 11.9. The monoisotopic (exact) mass is 229 g/mol. The Morgan fingerprint density at radius 2 is 2.29 bits per heavy atom. The highest BCUT2D eigenvalue weighted by molar-refractivity contribution is 6.05. The number of anilines is 1. The highest BCUT2D eigenvalue weighted by Crippen LogP contribution is 2.36. The van der Waals surface area contributed by atoms with Gasteiger partial charge in [-0.15, -0.1) is 0 Å². The summed E-state index contributed by atoms with van der Waals surface area (Å²) in [5.74, 6) is -0.0333. The van der Waals surface area contributed by atoms with E-state index in [9.17, 15) is 4.79 Å². The first-order chi connectivity index (χ1) is 8.19. The molecule has 1 aliphatic rings. The number of nitrogens with one attached hydrogen (secondary N) is 1. The minimum Gasteiger partial charge on any atom is -0.302 e. The number of fused-ring (bicyclic) bond motifs is 1. The van der Waals surface area contributed by atoms with Crippen LogP contribution in [-0.2, 0) is 4.79 Å². The number of hydrogen-bond donors (Lipinski definition) is 1. The van der Waals surface area contributed by atoms with Gasteiger partial charge in [-0.3, -0.25) is 9.69 Å². The highest BCUT2D eigenvalue weighted by Gasteiger charge is 2.36. The van der Waals surface area contributed by atoms with E-state index in [1.54, 1.807) is 4.90 Å². The number of benzene rings is 1. The molecule has 0 radical (unpaired) electrons. The second-order valence-electron chi connectivity index (χ2n) is 4.14. The molecule has 1 aromatic carbocycles. The van der Waals surface area contributed by atoms with Gasteiger partial charge in [0.1, 0.15) is 12.6 Å². The molecule has 0 aromatic heterocycles. The number of hydrogen-bond acceptors (Lipinski definition) is 3. The fourth-order valence-corrected chi connectivity index (χ4v) is 2.19. The van der Waals surface area contributed by atoms with Gasteiger partial charge in [-0.1, -0.05) is 24.6 Å². The van der Waals surface area contributed by atoms with Crippen LogP contribution in [0.25, 0.3) is 0 Å². The number of rotatable bonds is 3. The smallest absolute Gasteiger partial charge is 0.249 e. The normalized spacial score (nSPS) is 18.1. The molecule has 0 saturated carbocycles. The Hall–Kier alpha value is -1.86. The SMILES string of the molecule is CCNC1C(=O)N(CC#N)c2ccc(C)cc21. The quantitative estimate of drug-likeness (QED) is 0.799. The van der Waals surface area contributed by atoms with Crippen molar-refractivity contribution in [1.29, 1.82) is 5.26 Å². The van der Waals surface area contributed by atoms with Gasteiger partial charge in [0.2, 0.25) is 5.91 Å². The molecule has 1 heterocycles. The van der Waals surface area contributed by atoms with Gasteiger partial charge in [0.25, 0.3) is 0 Å². The largest absolute Gasteiger partial charge is 0.302 e. The number of aryl methyl sites for hydroxylation is 1. The van der Waals surface area contributed by atoms with Crippen molar-refractivity contribution in [2.45, 2.75) is 19.9 Å². The molecule has 1 N–H and O–H groups in total. The van der Waals surface area contributed by atoms with Gasteiger partial charge in [0.15, 0.2) is 0 Å². The van der Waals surface area contributed by atoms with E-state index in [4.69, 9.17) is 5.26 Å². The molecule has 88 valence electrons. The molecule has 1 amide bonds. The van der Waals surface area contributed by atoms with Crippen molar-refractivity contribution in [2.24, 2.45) is 0 Å². The van der Waals surface area contributed by atoms with Crippen LogP contribution < -0.4 is 10.2 Å². The zero-order valence-corrected chi connectivity index (χ0v) is 10.0. The van der Waals surface area contributed by atoms with E-state index < -0.39 is 0 Å². The van der Waals surface area contributed by atoms with Gasteiger partial charge in [-0.25, -0.2) is 0 Å². The lowest BCUT2D eigenvalue weighted by Crippen LogP contribution is -2.34. The van der Waals surface area contributed by atoms with Crippen molar-refractivity contribution in [3.05, 3.63) is 29.3 Å². The number of amides is 1. The molecule has 1 unspecified atom stereocenters. The van der Waals surface area contributed by atoms with Crippen molar-refractivity contribution < 1.29 is 4.79 Å². The second kappa shape index (κ2) is 4.56. The third kappa shape index (κ3) is 1.90. The van der Waals surface area contributed by atoms with Crippen LogP contribution in [0.15, 0.2) is 18.2 Å². The van der Waals surface area contributed by atoms with E-state index in [2.05, 4.69) is 5.32 Å². The van der Waals surface area contributed by atoms with Gasteiger partial charge in [0, 0.05) is 5.56 Å². The molecule has 4 nitrogen and oxygen atoms in total. The molecule has 1 atom stereocenters. The molecular weight excluding hydrogens is 214 g/mol. The van der Waals surface area contributed by atoms with Crippen molar-refractivity contribution in [3.8, 4) is 6.07 Å². The van der Waals surface area contributed by atoms with Crippen LogP contribution in [0.3, 0.4) is 0 Å². The van der Waals surface area contributed by atoms with Crippen LogP contribution in [0.4, 0.5) is 5.69 Å². The molecule has 0 saturated heterocycles. The number of carbonyl (C=O) groups is 1. The van der Waals surface area contributed by atoms with Crippen LogP contribution in [0.5, 0.6) is 0 Å². The van der Waals surface area contributed by atoms with E-state index in [0.29, 0.717) is 0 Å². The van der Waals surface area contributed by atoms with Crippen molar-refractivity contribution in [1.82, 2.24) is 5.32 Å². The van der Waals surface area contributed by atoms with Gasteiger partial charge in [0.05, 0.1) is 11.8 Å². The maximum Gasteiger partial charge on any atom is 0.249 e. The van der Waals surface area contributed by atoms with E-state index in [1.807, 2.05) is 38.1 Å². The third-order valence-corrected chi connectivity index (χ3v) is 2.93. The standard InChI is InChI=1S/C13H15N3O/c1-3-15-12-10-8-9(2)4-5-11(10)16(7-6-14)13(12)17/h4-5,8,12,15H,3,7H2,1-2H3. The molecule has 0 aliphatic carbocycles. The summed E-state index contributed by atoms with van der Waals surface area (Å²) in [5.41, 5.74) is 2.96. The molecule has 0 spiro atoms. The van der Waals surface area contributed by atoms with Gasteiger partial charge in [-0.05, 0) is 19.5 Å². The second-order valence-corrected chi connectivity index (χ2v) is 4.14. The Morgan fingerprint density at radius 3 is 2.94 bits per heavy atom. The fourth-order valence-electron chi connectivity index (χ4n) is 2.19. The topological polar surface area (TPSA) is 56.1 Å². The fraction of sp³-hybridized carbons (Fsp3) is 0.385. The minimum atomic E-state index is -0.303. The van der Waals surface area contributed by atoms with E-state index >= 15 is 0 Å². The van der Waals surface area contributed by atoms with Crippen LogP contribution in [0.1, 0.15) is 24.1 Å². The van der Waals surface area contributed by atoms with Gasteiger partial charge < -0.3 is 5.32 Å². The zero-order valence-electron chi connectivity index (χ0n) is 10.0. The summed E-state index contributed by atoms with van der Waals surface area (Å²) in [6.45, 7) is 4.80. The minimum absolute atomic E-state index is 0.0333. The number of likely N-dealkylation sites (N-methyl/N-ethyl adjacent to an activating group) is 1. The van der Waals surface area contributed by atoms with Gasteiger partial charge >= 0.3 is 0 Å². The number of nitriles is 1. The predicted octanol–water partition coefficient (Wildman–Crippen LogP) is 1.52. The Bertz CT molecular complexity index is 490. The molecule has 0 bridgehead atoms. The molecular formula is C13H15N3O. The first-order valence-corrected chi connectivity index (χ1v) is 5.71. The highest BCUT2D eigenvalue weighted by atomic mass is 16.2. The molecule has 4 heteroatoms. The van der Waals surface area contributed by atoms with Crippen LogP contribution >= 0.6 is 0 Å². The Balaban J connectivity index is 2.46. The van der Waals surface area contributed by atoms with Crippen molar-refractivity contribution in [3.63, 3.8) is 0 Å². The molecule has 17 heavy (non-hydrogen) atoms. The summed E-state index contributed by atoms with van der Waals surface area (Å²) in [4.78, 5) is 13.7. The van der Waals surface area contributed by atoms with E-state index in [1.165, 1.54) is 0 Å². The third-order valence-electron chi connectivity index (χ3n) is 2.93. The maximum atomic E-state index is 12.2. The summed E-state index contributed by atoms with van der Waals surface area (Å²) in [7, 11) is 0. The molecule has 1 aliphatic heterocycles. The Morgan fingerprint density at radius 1 is 1.53 bits per heavy atom. The van der Waals surface area contributed by atoms with Gasteiger partial charge in [-0.2, -0.15) is 5.26 Å². The lowest BCUT2D eigenvalue weighted by atomic mass is 10.1. The molecule has 1 aromatic rings. The number of carbonyl (C=O) groups excluding carboxylic acids is 1. The predicted molar refractivity (Wildman–Crippen MR) is 65.6 cm³/mol. The lowest BCUT2D eigenvalue weighted by molar-refractivity contribution is -0.119. The molecule has 0 fully saturated rings. The first-order valence-electron chi connectivity index (χ1n) is 5.71. The Labute approximate surface area is 101 Å². The van der Waals surface area contributed by atoms with E-state index in [-0.39, 0.29) is 18.5 Å². The van der Waals surface area contributed by atoms with Crippen LogP contribution in [-0.4, -0.2) is 19.0 Å². The first kappa shape index (κ1) is 11.6. The average molecular weight is 229 g/mol. The average Bonchev–Trinajstić information content (AvgIpc) is 2.55. The number of nitrogens with zero attached hydrogens (tertiary/aromatic N) is 2. The van der Waals surface area contributed by atoms with Crippen molar-refractivity contribution >= 4 is 11.6 Å². The molecule has 2 rings (SSSR count). The van der Waals surface area contributed by atoms with Crippen LogP contribution in [0, 0.1) is 18.3 Å². The summed E-state index contributed by atoms with van der Waals surface area (Å²) >= 11 is 0. The van der Waals surface area contributed by atoms with Crippen LogP contribution in [0.2, 0.25) is 0 Å². The van der Waals surface area contributed by atoms with E-state index in [0.717, 1.165) is 23.4 Å². The summed E-state index contributed by atoms with van der Waals surface area (Å²) < 4.78 is 0. The Kier molecular flexibility index (Phi) is 3.12. The maximum absolute atomic E-state index is 12.2. The summed E-state index contributed by atoms with van der Waals surface area (Å²) in [6, 6.07) is 7.62. The summed E-state index contributed by atoms with van der Waals surface area (Å²) in [6.07, 6.45) is 0. The van der Waals surface area contributed by atoms with Crippen molar-refractivity contribution in [2.75, 3.05) is 18.0 Å².